The van der Waals surface area contributed by atoms with Crippen LogP contribution in [0.1, 0.15) is 12.8 Å². The van der Waals surface area contributed by atoms with Gasteiger partial charge in [0.2, 0.25) is 0 Å². The Morgan fingerprint density at radius 3 is 2.62 bits per heavy atom. The zero-order chi connectivity index (χ0) is 9.26. The largest absolute Gasteiger partial charge is 0.295 e. The quantitative estimate of drug-likeness (QED) is 0.405. The molecule has 0 aromatic carbocycles. The van der Waals surface area contributed by atoms with Crippen molar-refractivity contribution in [3.05, 3.63) is 42.2 Å². The van der Waals surface area contributed by atoms with E-state index in [0.29, 0.717) is 5.92 Å². The van der Waals surface area contributed by atoms with Gasteiger partial charge in [-0.15, -0.1) is 5.73 Å². The van der Waals surface area contributed by atoms with Crippen LogP contribution in [0, 0.1) is 11.8 Å². The van der Waals surface area contributed by atoms with Crippen molar-refractivity contribution in [2.45, 2.75) is 12.8 Å². The van der Waals surface area contributed by atoms with Crippen molar-refractivity contribution in [3.8, 4) is 0 Å². The normalized spacial score (nSPS) is 31.4. The highest BCUT2D eigenvalue weighted by Gasteiger charge is 2.31. The first-order valence-corrected chi connectivity index (χ1v) is 4.60. The minimum atomic E-state index is 0.152. The van der Waals surface area contributed by atoms with E-state index in [2.05, 4.69) is 24.5 Å². The molecule has 0 heterocycles. The van der Waals surface area contributed by atoms with Crippen LogP contribution in [0.3, 0.4) is 0 Å². The molecular weight excluding hydrogens is 160 g/mol. The molecule has 2 rings (SSSR count). The summed E-state index contributed by atoms with van der Waals surface area (Å²) >= 11 is 0. The third-order valence-electron chi connectivity index (χ3n) is 2.83. The maximum Gasteiger partial charge on any atom is 0.159 e. The highest BCUT2D eigenvalue weighted by atomic mass is 16.1. The molecule has 1 nitrogen and oxygen atoms in total. The van der Waals surface area contributed by atoms with Crippen molar-refractivity contribution >= 4 is 5.78 Å². The molecule has 0 saturated carbocycles. The lowest BCUT2D eigenvalue weighted by molar-refractivity contribution is -0.119. The Morgan fingerprint density at radius 1 is 1.23 bits per heavy atom. The van der Waals surface area contributed by atoms with Gasteiger partial charge in [-0.3, -0.25) is 4.79 Å². The fourth-order valence-electron chi connectivity index (χ4n) is 2.08. The van der Waals surface area contributed by atoms with Gasteiger partial charge in [0, 0.05) is 11.8 Å². The summed E-state index contributed by atoms with van der Waals surface area (Å²) in [6.45, 7) is 3.65. The second-order valence-electron chi connectivity index (χ2n) is 3.52. The van der Waals surface area contributed by atoms with Crippen molar-refractivity contribution in [3.63, 3.8) is 0 Å². The van der Waals surface area contributed by atoms with Crippen LogP contribution >= 0.6 is 0 Å². The maximum atomic E-state index is 11.5. The van der Waals surface area contributed by atoms with Crippen LogP contribution in [0.15, 0.2) is 42.2 Å². The van der Waals surface area contributed by atoms with Crippen molar-refractivity contribution in [1.29, 1.82) is 0 Å². The second kappa shape index (κ2) is 3.20. The van der Waals surface area contributed by atoms with E-state index in [1.54, 1.807) is 6.08 Å². The number of carbonyl (C=O) groups is 1. The summed E-state index contributed by atoms with van der Waals surface area (Å²) in [7, 11) is 0. The van der Waals surface area contributed by atoms with E-state index in [1.807, 2.05) is 6.08 Å². The van der Waals surface area contributed by atoms with Crippen molar-refractivity contribution in [1.82, 2.24) is 0 Å². The van der Waals surface area contributed by atoms with Gasteiger partial charge >= 0.3 is 0 Å². The molecule has 0 aromatic heterocycles. The lowest BCUT2D eigenvalue weighted by atomic mass is 9.73. The molecule has 0 aromatic rings. The molecule has 0 bridgehead atoms. The van der Waals surface area contributed by atoms with Crippen LogP contribution < -0.4 is 0 Å². The third kappa shape index (κ3) is 1.32. The average molecular weight is 172 g/mol. The molecule has 0 amide bonds. The number of allylic oxidation sites excluding steroid dienone is 5. The predicted octanol–water partition coefficient (Wildman–Crippen LogP) is 2.42. The molecule has 2 unspecified atom stereocenters. The molecule has 0 radical (unpaired) electrons. The third-order valence-corrected chi connectivity index (χ3v) is 2.83. The molecule has 2 aliphatic carbocycles. The lowest BCUT2D eigenvalue weighted by Gasteiger charge is -2.29. The number of fused-ring (bicyclic) bond motifs is 1. The van der Waals surface area contributed by atoms with E-state index in [1.165, 1.54) is 0 Å². The fraction of sp³-hybridized carbons (Fsp3) is 0.333. The monoisotopic (exact) mass is 172 g/mol. The van der Waals surface area contributed by atoms with E-state index < -0.39 is 0 Å². The summed E-state index contributed by atoms with van der Waals surface area (Å²) in [5, 5.41) is 0. The van der Waals surface area contributed by atoms with Gasteiger partial charge in [0.15, 0.2) is 5.78 Å². The van der Waals surface area contributed by atoms with Crippen molar-refractivity contribution < 1.29 is 4.79 Å². The number of hydrogen-bond acceptors (Lipinski definition) is 1. The van der Waals surface area contributed by atoms with E-state index in [-0.39, 0.29) is 11.7 Å². The van der Waals surface area contributed by atoms with Gasteiger partial charge < -0.3 is 0 Å². The Bertz CT molecular complexity index is 340. The first-order chi connectivity index (χ1) is 6.33. The Morgan fingerprint density at radius 2 is 1.92 bits per heavy atom. The van der Waals surface area contributed by atoms with Crippen LogP contribution in [0.5, 0.6) is 0 Å². The molecule has 2 aliphatic rings. The first kappa shape index (κ1) is 8.28. The Kier molecular flexibility index (Phi) is 2.03. The Labute approximate surface area is 78.1 Å². The summed E-state index contributed by atoms with van der Waals surface area (Å²) in [5.74, 6) is 0.743. The van der Waals surface area contributed by atoms with E-state index in [9.17, 15) is 4.79 Å². The molecule has 66 valence electrons. The molecule has 0 N–H and O–H groups in total. The van der Waals surface area contributed by atoms with Gasteiger partial charge in [0.05, 0.1) is 0 Å². The molecule has 0 aliphatic heterocycles. The minimum Gasteiger partial charge on any atom is -0.295 e. The molecule has 2 atom stereocenters. The standard InChI is InChI=1S/C12H12O/c1-2-9-7-8-12(13)11-6-4-3-5-10(9)11/h3-4,7-8,10-11H,1,5-6H2. The zero-order valence-corrected chi connectivity index (χ0v) is 7.49. The van der Waals surface area contributed by atoms with Crippen LogP contribution in [-0.2, 0) is 4.79 Å². The molecule has 0 fully saturated rings. The van der Waals surface area contributed by atoms with Crippen molar-refractivity contribution in [2.24, 2.45) is 11.8 Å². The fourth-order valence-corrected chi connectivity index (χ4v) is 2.08. The molecule has 0 saturated heterocycles. The van der Waals surface area contributed by atoms with Crippen LogP contribution in [-0.4, -0.2) is 5.78 Å². The van der Waals surface area contributed by atoms with E-state index in [0.717, 1.165) is 18.4 Å². The topological polar surface area (TPSA) is 17.1 Å². The van der Waals surface area contributed by atoms with Gasteiger partial charge in [0.25, 0.3) is 0 Å². The second-order valence-corrected chi connectivity index (χ2v) is 3.52. The summed E-state index contributed by atoms with van der Waals surface area (Å²) in [4.78, 5) is 11.5. The maximum absolute atomic E-state index is 11.5. The molecule has 1 heteroatoms. The van der Waals surface area contributed by atoms with E-state index in [4.69, 9.17) is 0 Å². The molecular formula is C12H12O. The smallest absolute Gasteiger partial charge is 0.159 e. The first-order valence-electron chi connectivity index (χ1n) is 4.60. The molecule has 0 spiro atoms. The number of ketones is 1. The Hall–Kier alpha value is -1.33. The van der Waals surface area contributed by atoms with Gasteiger partial charge in [-0.2, -0.15) is 0 Å². The van der Waals surface area contributed by atoms with E-state index >= 15 is 0 Å². The summed E-state index contributed by atoms with van der Waals surface area (Å²) in [6.07, 6.45) is 9.59. The number of rotatable bonds is 0. The summed E-state index contributed by atoms with van der Waals surface area (Å²) < 4.78 is 0. The SMILES string of the molecule is C=C=C1C=CC(=O)C2CC=CCC12. The van der Waals surface area contributed by atoms with Gasteiger partial charge in [-0.1, -0.05) is 18.7 Å². The summed E-state index contributed by atoms with van der Waals surface area (Å²) in [5.41, 5.74) is 4.01. The van der Waals surface area contributed by atoms with Crippen LogP contribution in [0.2, 0.25) is 0 Å². The zero-order valence-electron chi connectivity index (χ0n) is 7.49. The van der Waals surface area contributed by atoms with Crippen LogP contribution in [0.4, 0.5) is 0 Å². The molecule has 13 heavy (non-hydrogen) atoms. The summed E-state index contributed by atoms with van der Waals surface area (Å²) in [6, 6.07) is 0. The lowest BCUT2D eigenvalue weighted by Crippen LogP contribution is -2.27. The van der Waals surface area contributed by atoms with Gasteiger partial charge in [-0.05, 0) is 30.6 Å². The average Bonchev–Trinajstić information content (AvgIpc) is 2.19. The van der Waals surface area contributed by atoms with Crippen molar-refractivity contribution in [2.75, 3.05) is 0 Å². The predicted molar refractivity (Wildman–Crippen MR) is 52.2 cm³/mol. The number of hydrogen-bond donors (Lipinski definition) is 0. The van der Waals surface area contributed by atoms with Gasteiger partial charge in [0.1, 0.15) is 0 Å². The Balaban J connectivity index is 2.40. The highest BCUT2D eigenvalue weighted by Crippen LogP contribution is 2.35. The van der Waals surface area contributed by atoms with Gasteiger partial charge in [-0.25, -0.2) is 0 Å². The minimum absolute atomic E-state index is 0.152. The number of carbonyl (C=O) groups excluding carboxylic acids is 1. The van der Waals surface area contributed by atoms with Crippen LogP contribution in [0.25, 0.3) is 0 Å². The highest BCUT2D eigenvalue weighted by molar-refractivity contribution is 5.94.